The van der Waals surface area contributed by atoms with Crippen molar-refractivity contribution in [3.8, 4) is 11.8 Å². The lowest BCUT2D eigenvalue weighted by molar-refractivity contribution is -0.126. The highest BCUT2D eigenvalue weighted by molar-refractivity contribution is 6.10. The van der Waals surface area contributed by atoms with Crippen molar-refractivity contribution < 1.29 is 23.5 Å². The minimum Gasteiger partial charge on any atom is -0.497 e. The molecule has 0 spiro atoms. The summed E-state index contributed by atoms with van der Waals surface area (Å²) >= 11 is 0. The fourth-order valence-corrected chi connectivity index (χ4v) is 4.20. The van der Waals surface area contributed by atoms with Crippen LogP contribution in [0.1, 0.15) is 33.8 Å². The third kappa shape index (κ3) is 2.84. The second kappa shape index (κ2) is 6.67. The summed E-state index contributed by atoms with van der Waals surface area (Å²) in [5, 5.41) is 12.0. The number of fused-ring (bicyclic) bond motifs is 2. The maximum Gasteiger partial charge on any atom is 0.254 e. The number of rotatable bonds is 4. The van der Waals surface area contributed by atoms with Crippen molar-refractivity contribution in [1.82, 2.24) is 15.2 Å². The van der Waals surface area contributed by atoms with E-state index < -0.39 is 17.2 Å². The first-order chi connectivity index (χ1) is 14.9. The van der Waals surface area contributed by atoms with Crippen molar-refractivity contribution in [2.24, 2.45) is 0 Å². The molecule has 0 bridgehead atoms. The lowest BCUT2D eigenvalue weighted by Gasteiger charge is -2.28. The molecule has 0 saturated carbocycles. The Bertz CT molecular complexity index is 1320. The number of hydrogen-bond donors (Lipinski definition) is 1. The van der Waals surface area contributed by atoms with Gasteiger partial charge in [0, 0.05) is 36.3 Å². The monoisotopic (exact) mass is 416 g/mol. The largest absolute Gasteiger partial charge is 0.497 e. The van der Waals surface area contributed by atoms with Gasteiger partial charge in [0.25, 0.3) is 5.91 Å². The molecule has 9 nitrogen and oxygen atoms in total. The van der Waals surface area contributed by atoms with Crippen LogP contribution in [-0.2, 0) is 21.5 Å². The van der Waals surface area contributed by atoms with E-state index in [1.165, 1.54) is 24.3 Å². The van der Waals surface area contributed by atoms with Crippen molar-refractivity contribution in [1.29, 1.82) is 5.26 Å². The number of aromatic nitrogens is 1. The van der Waals surface area contributed by atoms with Crippen LogP contribution in [-0.4, -0.2) is 41.3 Å². The van der Waals surface area contributed by atoms with Crippen molar-refractivity contribution in [2.45, 2.75) is 18.4 Å². The van der Waals surface area contributed by atoms with E-state index in [1.54, 1.807) is 18.2 Å². The molecule has 2 aromatic heterocycles. The molecule has 4 heterocycles. The average Bonchev–Trinajstić information content (AvgIpc) is 3.41. The molecule has 31 heavy (non-hydrogen) atoms. The number of nitriles is 1. The maximum absolute atomic E-state index is 13.0. The highest BCUT2D eigenvalue weighted by Crippen LogP contribution is 2.39. The van der Waals surface area contributed by atoms with Crippen molar-refractivity contribution in [3.63, 3.8) is 0 Å². The Morgan fingerprint density at radius 2 is 2.13 bits per heavy atom. The van der Waals surface area contributed by atoms with Crippen LogP contribution < -0.4 is 10.1 Å². The van der Waals surface area contributed by atoms with Gasteiger partial charge in [-0.2, -0.15) is 5.26 Å². The van der Waals surface area contributed by atoms with Crippen LogP contribution in [0.5, 0.6) is 5.75 Å². The molecule has 5 rings (SSSR count). The topological polar surface area (TPSA) is 126 Å². The highest BCUT2D eigenvalue weighted by Gasteiger charge is 2.53. The standard InChI is InChI=1S/C22H16N4O5/c1-30-15-3-2-12-10-26(20(28)16(12)6-15)11-22(7-19(27)25-21(22)29)18-4-13-9-24-14(8-23)5-17(13)31-18/h2-6,9H,7,10-11H2,1H3,(H,25,27,29)/t22-/m1/s1. The predicted molar refractivity (Wildman–Crippen MR) is 106 cm³/mol. The number of pyridine rings is 1. The summed E-state index contributed by atoms with van der Waals surface area (Å²) < 4.78 is 11.1. The third-order valence-corrected chi connectivity index (χ3v) is 5.79. The molecule has 0 aliphatic carbocycles. The second-order valence-corrected chi connectivity index (χ2v) is 7.65. The van der Waals surface area contributed by atoms with Gasteiger partial charge in [0.05, 0.1) is 13.5 Å². The Hall–Kier alpha value is -4.19. The van der Waals surface area contributed by atoms with E-state index in [4.69, 9.17) is 14.4 Å². The Balaban J connectivity index is 1.55. The van der Waals surface area contributed by atoms with Crippen LogP contribution in [0.25, 0.3) is 11.0 Å². The Labute approximate surface area is 176 Å². The SMILES string of the molecule is COc1ccc2c(c1)C(=O)N(C[C@@]1(c3cc4cnc(C#N)cc4o3)CC(=O)NC1=O)C2. The van der Waals surface area contributed by atoms with Gasteiger partial charge in [0.15, 0.2) is 0 Å². The van der Waals surface area contributed by atoms with Crippen molar-refractivity contribution in [3.05, 3.63) is 59.1 Å². The molecule has 1 N–H and O–H groups in total. The molecule has 1 fully saturated rings. The van der Waals surface area contributed by atoms with E-state index in [0.717, 1.165) is 5.56 Å². The molecule has 2 aliphatic rings. The predicted octanol–water partition coefficient (Wildman–Crippen LogP) is 1.65. The van der Waals surface area contributed by atoms with E-state index in [-0.39, 0.29) is 30.3 Å². The molecule has 3 aromatic rings. The number of furan rings is 1. The molecule has 0 radical (unpaired) electrons. The molecule has 2 aliphatic heterocycles. The molecule has 1 atom stereocenters. The van der Waals surface area contributed by atoms with E-state index in [0.29, 0.717) is 28.8 Å². The lowest BCUT2D eigenvalue weighted by atomic mass is 9.82. The van der Waals surface area contributed by atoms with Crippen LogP contribution >= 0.6 is 0 Å². The fourth-order valence-electron chi connectivity index (χ4n) is 4.20. The first-order valence-corrected chi connectivity index (χ1v) is 9.54. The van der Waals surface area contributed by atoms with Crippen LogP contribution in [0, 0.1) is 11.3 Å². The van der Waals surface area contributed by atoms with Crippen LogP contribution in [0.15, 0.2) is 40.9 Å². The zero-order valence-corrected chi connectivity index (χ0v) is 16.5. The molecular formula is C22H16N4O5. The molecule has 9 heteroatoms. The molecule has 154 valence electrons. The second-order valence-electron chi connectivity index (χ2n) is 7.65. The molecule has 1 saturated heterocycles. The number of hydrogen-bond acceptors (Lipinski definition) is 7. The summed E-state index contributed by atoms with van der Waals surface area (Å²) in [5.74, 6) is -0.386. The third-order valence-electron chi connectivity index (χ3n) is 5.79. The Morgan fingerprint density at radius 3 is 2.84 bits per heavy atom. The minimum absolute atomic E-state index is 0.0290. The number of amides is 3. The summed E-state index contributed by atoms with van der Waals surface area (Å²) in [6, 6.07) is 10.3. The van der Waals surface area contributed by atoms with E-state index in [2.05, 4.69) is 10.3 Å². The van der Waals surface area contributed by atoms with Gasteiger partial charge < -0.3 is 14.1 Å². The van der Waals surface area contributed by atoms with E-state index >= 15 is 0 Å². The van der Waals surface area contributed by atoms with Gasteiger partial charge in [-0.25, -0.2) is 4.98 Å². The van der Waals surface area contributed by atoms with Gasteiger partial charge in [0.1, 0.15) is 34.3 Å². The number of methoxy groups -OCH3 is 1. The lowest BCUT2D eigenvalue weighted by Crippen LogP contribution is -2.46. The molecular weight excluding hydrogens is 400 g/mol. The van der Waals surface area contributed by atoms with Gasteiger partial charge in [-0.3, -0.25) is 19.7 Å². The van der Waals surface area contributed by atoms with Gasteiger partial charge in [-0.05, 0) is 23.8 Å². The summed E-state index contributed by atoms with van der Waals surface area (Å²) in [6.07, 6.45) is 1.33. The quantitative estimate of drug-likeness (QED) is 0.641. The Morgan fingerprint density at radius 1 is 1.29 bits per heavy atom. The van der Waals surface area contributed by atoms with E-state index in [9.17, 15) is 14.4 Å². The molecule has 3 amide bonds. The van der Waals surface area contributed by atoms with Crippen molar-refractivity contribution in [2.75, 3.05) is 13.7 Å². The van der Waals surface area contributed by atoms with Crippen LogP contribution in [0.3, 0.4) is 0 Å². The number of nitrogens with zero attached hydrogens (tertiary/aromatic N) is 3. The summed E-state index contributed by atoms with van der Waals surface area (Å²) in [7, 11) is 1.52. The minimum atomic E-state index is -1.37. The molecule has 1 aromatic carbocycles. The number of carbonyl (C=O) groups excluding carboxylic acids is 3. The smallest absolute Gasteiger partial charge is 0.254 e. The zero-order chi connectivity index (χ0) is 21.8. The van der Waals surface area contributed by atoms with Crippen LogP contribution in [0.4, 0.5) is 0 Å². The first-order valence-electron chi connectivity index (χ1n) is 9.54. The Kier molecular flexibility index (Phi) is 4.05. The van der Waals surface area contributed by atoms with Crippen molar-refractivity contribution >= 4 is 28.7 Å². The summed E-state index contributed by atoms with van der Waals surface area (Å²) in [6.45, 7) is 0.278. The number of carbonyl (C=O) groups is 3. The number of nitrogens with one attached hydrogen (secondary N) is 1. The molecule has 0 unspecified atom stereocenters. The van der Waals surface area contributed by atoms with E-state index in [1.807, 2.05) is 12.1 Å². The summed E-state index contributed by atoms with van der Waals surface area (Å²) in [5.41, 5.74) is 0.511. The maximum atomic E-state index is 13.0. The number of imide groups is 1. The van der Waals surface area contributed by atoms with Gasteiger partial charge >= 0.3 is 0 Å². The highest BCUT2D eigenvalue weighted by atomic mass is 16.5. The van der Waals surface area contributed by atoms with Crippen LogP contribution in [0.2, 0.25) is 0 Å². The number of ether oxygens (including phenoxy) is 1. The van der Waals surface area contributed by atoms with Gasteiger partial charge in [-0.1, -0.05) is 6.07 Å². The zero-order valence-electron chi connectivity index (χ0n) is 16.5. The first kappa shape index (κ1) is 18.8. The normalized spacial score (nSPS) is 20.1. The number of benzene rings is 1. The van der Waals surface area contributed by atoms with Gasteiger partial charge in [0.2, 0.25) is 11.8 Å². The van der Waals surface area contributed by atoms with Gasteiger partial charge in [-0.15, -0.1) is 0 Å². The summed E-state index contributed by atoms with van der Waals surface area (Å²) in [4.78, 5) is 43.7. The fraction of sp³-hybridized carbons (Fsp3) is 0.227. The average molecular weight is 416 g/mol.